The van der Waals surface area contributed by atoms with Crippen molar-refractivity contribution in [1.82, 2.24) is 19.2 Å². The highest BCUT2D eigenvalue weighted by atomic mass is 32.2. The third-order valence-corrected chi connectivity index (χ3v) is 4.38. The molecule has 0 fully saturated rings. The van der Waals surface area contributed by atoms with Gasteiger partial charge in [0, 0.05) is 25.7 Å². The van der Waals surface area contributed by atoms with Crippen LogP contribution >= 0.6 is 11.8 Å². The molecule has 0 aliphatic heterocycles. The predicted molar refractivity (Wildman–Crippen MR) is 84.6 cm³/mol. The summed E-state index contributed by atoms with van der Waals surface area (Å²) in [6.07, 6.45) is 2.84. The summed E-state index contributed by atoms with van der Waals surface area (Å²) in [5, 5.41) is 6.47. The largest absolute Gasteiger partial charge is 0.328 e. The molecule has 21 heavy (non-hydrogen) atoms. The number of pyridine rings is 1. The molecule has 3 heterocycles. The van der Waals surface area contributed by atoms with E-state index in [2.05, 4.69) is 15.6 Å². The Morgan fingerprint density at radius 3 is 2.86 bits per heavy atom. The molecule has 0 bridgehead atoms. The number of imidazole rings is 1. The van der Waals surface area contributed by atoms with Crippen LogP contribution in [0.15, 0.2) is 40.5 Å². The number of aryl methyl sites for hydroxylation is 2. The Labute approximate surface area is 128 Å². The van der Waals surface area contributed by atoms with Crippen LogP contribution in [0.4, 0.5) is 0 Å². The fourth-order valence-corrected chi connectivity index (χ4v) is 3.42. The van der Waals surface area contributed by atoms with E-state index in [4.69, 9.17) is 10.7 Å². The Morgan fingerprint density at radius 1 is 1.38 bits per heavy atom. The third kappa shape index (κ3) is 2.82. The maximum Gasteiger partial charge on any atom is 0.138 e. The number of nitrogens with zero attached hydrogens (tertiary/aromatic N) is 4. The van der Waals surface area contributed by atoms with Crippen LogP contribution in [0.2, 0.25) is 0 Å². The maximum atomic E-state index is 6.00. The molecule has 5 nitrogen and oxygen atoms in total. The molecule has 0 aromatic carbocycles. The molecule has 1 unspecified atom stereocenters. The average molecular weight is 301 g/mol. The molecule has 0 saturated heterocycles. The van der Waals surface area contributed by atoms with Crippen LogP contribution in [0.5, 0.6) is 0 Å². The Balaban J connectivity index is 2.06. The SMILES string of the molecule is Cc1cc(Sc2nc3ccccn3c2CC(C)N)n(C)n1. The molecular formula is C15H19N5S. The molecule has 0 saturated carbocycles. The molecule has 3 aromatic heterocycles. The molecule has 0 aliphatic carbocycles. The predicted octanol–water partition coefficient (Wildman–Crippen LogP) is 2.42. The van der Waals surface area contributed by atoms with Gasteiger partial charge in [0.25, 0.3) is 0 Å². The fraction of sp³-hybridized carbons (Fsp3) is 0.333. The van der Waals surface area contributed by atoms with E-state index in [-0.39, 0.29) is 6.04 Å². The third-order valence-electron chi connectivity index (χ3n) is 3.27. The van der Waals surface area contributed by atoms with Crippen molar-refractivity contribution in [3.05, 3.63) is 41.9 Å². The number of fused-ring (bicyclic) bond motifs is 1. The summed E-state index contributed by atoms with van der Waals surface area (Å²) in [7, 11) is 1.95. The minimum absolute atomic E-state index is 0.0951. The van der Waals surface area contributed by atoms with E-state index in [9.17, 15) is 0 Å². The first kappa shape index (κ1) is 14.2. The normalized spacial score (nSPS) is 13.0. The summed E-state index contributed by atoms with van der Waals surface area (Å²) in [6, 6.07) is 8.20. The Hall–Kier alpha value is -1.79. The molecule has 3 aromatic rings. The molecule has 1 atom stereocenters. The van der Waals surface area contributed by atoms with Crippen LogP contribution in [0.3, 0.4) is 0 Å². The zero-order valence-electron chi connectivity index (χ0n) is 12.4. The molecular weight excluding hydrogens is 282 g/mol. The van der Waals surface area contributed by atoms with Crippen molar-refractivity contribution in [2.24, 2.45) is 12.8 Å². The van der Waals surface area contributed by atoms with Gasteiger partial charge < -0.3 is 10.1 Å². The second-order valence-electron chi connectivity index (χ2n) is 5.32. The maximum absolute atomic E-state index is 6.00. The molecule has 6 heteroatoms. The monoisotopic (exact) mass is 301 g/mol. The quantitative estimate of drug-likeness (QED) is 0.804. The molecule has 0 aliphatic rings. The summed E-state index contributed by atoms with van der Waals surface area (Å²) in [6.45, 7) is 4.02. The zero-order chi connectivity index (χ0) is 15.0. The van der Waals surface area contributed by atoms with E-state index in [0.717, 1.165) is 33.5 Å². The highest BCUT2D eigenvalue weighted by Gasteiger charge is 2.16. The van der Waals surface area contributed by atoms with Gasteiger partial charge >= 0.3 is 0 Å². The van der Waals surface area contributed by atoms with Gasteiger partial charge in [-0.05, 0) is 43.8 Å². The molecule has 2 N–H and O–H groups in total. The van der Waals surface area contributed by atoms with Gasteiger partial charge in [-0.1, -0.05) is 6.07 Å². The number of nitrogens with two attached hydrogens (primary N) is 1. The first-order chi connectivity index (χ1) is 10.0. The second-order valence-corrected chi connectivity index (χ2v) is 6.33. The van der Waals surface area contributed by atoms with Crippen LogP contribution in [0.1, 0.15) is 18.3 Å². The smallest absolute Gasteiger partial charge is 0.138 e. The first-order valence-electron chi connectivity index (χ1n) is 6.94. The van der Waals surface area contributed by atoms with E-state index in [0.29, 0.717) is 0 Å². The summed E-state index contributed by atoms with van der Waals surface area (Å²) in [5.74, 6) is 0. The van der Waals surface area contributed by atoms with E-state index in [1.165, 1.54) is 0 Å². The number of hydrogen-bond donors (Lipinski definition) is 1. The summed E-state index contributed by atoms with van der Waals surface area (Å²) >= 11 is 1.64. The van der Waals surface area contributed by atoms with Crippen LogP contribution in [0.25, 0.3) is 5.65 Å². The first-order valence-corrected chi connectivity index (χ1v) is 7.76. The topological polar surface area (TPSA) is 61.1 Å². The zero-order valence-corrected chi connectivity index (χ0v) is 13.3. The van der Waals surface area contributed by atoms with Gasteiger partial charge in [0.05, 0.1) is 11.4 Å². The number of aromatic nitrogens is 4. The second kappa shape index (κ2) is 5.54. The van der Waals surface area contributed by atoms with Gasteiger partial charge in [-0.25, -0.2) is 4.98 Å². The molecule has 0 radical (unpaired) electrons. The van der Waals surface area contributed by atoms with E-state index in [1.807, 2.05) is 50.0 Å². The van der Waals surface area contributed by atoms with Crippen molar-refractivity contribution in [2.75, 3.05) is 0 Å². The van der Waals surface area contributed by atoms with Gasteiger partial charge in [-0.3, -0.25) is 4.68 Å². The lowest BCUT2D eigenvalue weighted by molar-refractivity contribution is 0.689. The number of hydrogen-bond acceptors (Lipinski definition) is 4. The van der Waals surface area contributed by atoms with Gasteiger partial charge in [0.15, 0.2) is 0 Å². The standard InChI is InChI=1S/C15H19N5S/c1-10(16)8-12-15(17-13-6-4-5-7-20(12)13)21-14-9-11(2)18-19(14)3/h4-7,9-10H,8,16H2,1-3H3. The summed E-state index contributed by atoms with van der Waals surface area (Å²) in [4.78, 5) is 4.74. The van der Waals surface area contributed by atoms with E-state index in [1.54, 1.807) is 11.8 Å². The van der Waals surface area contributed by atoms with Gasteiger partial charge in [-0.15, -0.1) is 0 Å². The summed E-state index contributed by atoms with van der Waals surface area (Å²) in [5.41, 5.74) is 9.12. The average Bonchev–Trinajstić information content (AvgIpc) is 2.91. The molecule has 110 valence electrons. The molecule has 0 amide bonds. The minimum atomic E-state index is 0.0951. The number of rotatable bonds is 4. The highest BCUT2D eigenvalue weighted by molar-refractivity contribution is 7.99. The lowest BCUT2D eigenvalue weighted by Crippen LogP contribution is -2.19. The van der Waals surface area contributed by atoms with Crippen LogP contribution < -0.4 is 5.73 Å². The lowest BCUT2D eigenvalue weighted by Gasteiger charge is -2.07. The van der Waals surface area contributed by atoms with Gasteiger partial charge in [-0.2, -0.15) is 5.10 Å². The van der Waals surface area contributed by atoms with Crippen molar-refractivity contribution >= 4 is 17.4 Å². The van der Waals surface area contributed by atoms with Crippen LogP contribution in [0, 0.1) is 6.92 Å². The lowest BCUT2D eigenvalue weighted by atomic mass is 10.2. The van der Waals surface area contributed by atoms with E-state index < -0.39 is 0 Å². The Morgan fingerprint density at radius 2 is 2.19 bits per heavy atom. The molecule has 3 rings (SSSR count). The van der Waals surface area contributed by atoms with Crippen LogP contribution in [-0.4, -0.2) is 25.2 Å². The van der Waals surface area contributed by atoms with E-state index >= 15 is 0 Å². The van der Waals surface area contributed by atoms with Crippen molar-refractivity contribution in [2.45, 2.75) is 36.4 Å². The van der Waals surface area contributed by atoms with Gasteiger partial charge in [0.2, 0.25) is 0 Å². The Bertz CT molecular complexity index is 772. The fourth-order valence-electron chi connectivity index (χ4n) is 2.38. The highest BCUT2D eigenvalue weighted by Crippen LogP contribution is 2.31. The van der Waals surface area contributed by atoms with Crippen molar-refractivity contribution in [3.63, 3.8) is 0 Å². The van der Waals surface area contributed by atoms with Crippen molar-refractivity contribution in [1.29, 1.82) is 0 Å². The van der Waals surface area contributed by atoms with Crippen LogP contribution in [-0.2, 0) is 13.5 Å². The van der Waals surface area contributed by atoms with Gasteiger partial charge in [0.1, 0.15) is 15.7 Å². The van der Waals surface area contributed by atoms with Crippen molar-refractivity contribution in [3.8, 4) is 0 Å². The molecule has 0 spiro atoms. The Kier molecular flexibility index (Phi) is 3.73. The van der Waals surface area contributed by atoms with Crippen molar-refractivity contribution < 1.29 is 0 Å². The summed E-state index contributed by atoms with van der Waals surface area (Å²) < 4.78 is 4.01. The minimum Gasteiger partial charge on any atom is -0.328 e.